The number of benzene rings is 2. The van der Waals surface area contributed by atoms with Gasteiger partial charge in [0.1, 0.15) is 26.1 Å². The van der Waals surface area contributed by atoms with Crippen LogP contribution in [0, 0.1) is 51.8 Å². The van der Waals surface area contributed by atoms with Gasteiger partial charge in [0.15, 0.2) is 0 Å². The highest BCUT2D eigenvalue weighted by molar-refractivity contribution is 8.77. The molecule has 13 unspecified atom stereocenters. The number of amides is 2. The van der Waals surface area contributed by atoms with E-state index in [4.69, 9.17) is 33.5 Å². The Balaban J connectivity index is 0.000000277. The molecule has 13 atom stereocenters. The Morgan fingerprint density at radius 2 is 0.917 bits per heavy atom. The summed E-state index contributed by atoms with van der Waals surface area (Å²) in [6.45, 7) is 15.7. The minimum Gasteiger partial charge on any atom is -0.410 e. The van der Waals surface area contributed by atoms with Crippen LogP contribution in [0.3, 0.4) is 0 Å². The second-order valence-corrected chi connectivity index (χ2v) is 41.4. The Morgan fingerprint density at radius 3 is 1.30 bits per heavy atom. The Kier molecular flexibility index (Phi) is 36.2. The molecule has 2 aliphatic heterocycles. The van der Waals surface area contributed by atoms with E-state index in [0.29, 0.717) is 81.2 Å². The molecule has 14 nitrogen and oxygen atoms in total. The van der Waals surface area contributed by atoms with Crippen LogP contribution in [0.4, 0.5) is 88.6 Å². The molecular weight excluding hydrogens is 1710 g/mol. The molecule has 120 heavy (non-hydrogen) atoms. The summed E-state index contributed by atoms with van der Waals surface area (Å²) in [5.74, 6) is 6.98. The van der Waals surface area contributed by atoms with Crippen molar-refractivity contribution in [2.24, 2.45) is 40.4 Å². The Bertz CT molecular complexity index is 3530. The highest BCUT2D eigenvalue weighted by atomic mass is 33.1. The van der Waals surface area contributed by atoms with Crippen molar-refractivity contribution < 1.29 is 126 Å². The minimum absolute atomic E-state index is 0.0433. The van der Waals surface area contributed by atoms with Crippen LogP contribution in [0.2, 0.25) is 0 Å². The van der Waals surface area contributed by atoms with E-state index < -0.39 is 82.6 Å². The van der Waals surface area contributed by atoms with E-state index >= 15 is 0 Å². The lowest BCUT2D eigenvalue weighted by Gasteiger charge is -2.50. The van der Waals surface area contributed by atoms with Crippen LogP contribution in [0.1, 0.15) is 231 Å². The molecule has 2 heterocycles. The van der Waals surface area contributed by atoms with Crippen molar-refractivity contribution in [3.8, 4) is 17.6 Å². The van der Waals surface area contributed by atoms with E-state index in [1.54, 1.807) is 32.4 Å². The van der Waals surface area contributed by atoms with E-state index in [2.05, 4.69) is 87.7 Å². The summed E-state index contributed by atoms with van der Waals surface area (Å²) in [5, 5.41) is 9.01. The first kappa shape index (κ1) is 101. The number of unbranched alkanes of at least 4 members (excludes halogenated alkanes) is 4. The molecule has 0 spiro atoms. The van der Waals surface area contributed by atoms with Gasteiger partial charge < -0.3 is 47.5 Å². The molecule has 4 saturated carbocycles. The van der Waals surface area contributed by atoms with E-state index in [9.17, 15) is 88.6 Å². The summed E-state index contributed by atoms with van der Waals surface area (Å²) < 4.78 is 284. The predicted molar refractivity (Wildman–Crippen MR) is 430 cm³/mol. The van der Waals surface area contributed by atoms with Crippen molar-refractivity contribution in [1.82, 2.24) is 14.5 Å². The van der Waals surface area contributed by atoms with E-state index in [1.807, 2.05) is 44.9 Å². The van der Waals surface area contributed by atoms with Gasteiger partial charge in [-0.15, -0.1) is 0 Å². The molecule has 6 fully saturated rings. The molecule has 0 aromatic heterocycles. The monoisotopic (exact) mass is 1830 g/mol. The highest BCUT2D eigenvalue weighted by Crippen LogP contribution is 2.65. The van der Waals surface area contributed by atoms with Gasteiger partial charge in [-0.25, -0.2) is 9.59 Å². The van der Waals surface area contributed by atoms with Crippen molar-refractivity contribution in [2.75, 3.05) is 82.1 Å². The van der Waals surface area contributed by atoms with Crippen LogP contribution in [0.5, 0.6) is 11.5 Å². The summed E-state index contributed by atoms with van der Waals surface area (Å²) in [6.07, 6.45) is -24.0. The Hall–Kier alpha value is -3.24. The number of alkyl halides is 18. The topological polar surface area (TPSA) is 141 Å². The van der Waals surface area contributed by atoms with Gasteiger partial charge >= 0.3 is 60.4 Å². The number of nitriles is 1. The Morgan fingerprint density at radius 1 is 0.500 bits per heavy atom. The minimum atomic E-state index is -6.77. The largest absolute Gasteiger partial charge is 0.435 e. The van der Waals surface area contributed by atoms with Gasteiger partial charge in [-0.1, -0.05) is 109 Å². The quantitative estimate of drug-likeness (QED) is 0.0276. The second-order valence-electron chi connectivity index (χ2n) is 34.5. The first-order valence-electron chi connectivity index (χ1n) is 42.1. The number of ether oxygens (including phenoxy) is 7. The maximum absolute atomic E-state index is 13.9. The van der Waals surface area contributed by atoms with Crippen LogP contribution >= 0.6 is 51.5 Å². The predicted octanol–water partition coefficient (Wildman–Crippen LogP) is 25.2. The first-order chi connectivity index (χ1) is 56.4. The number of hydrogen-bond donors (Lipinski definition) is 0. The van der Waals surface area contributed by atoms with Crippen molar-refractivity contribution in [1.29, 1.82) is 5.26 Å². The van der Waals surface area contributed by atoms with Crippen molar-refractivity contribution in [2.45, 2.75) is 306 Å². The average Bonchev–Trinajstić information content (AvgIpc) is 1.36. The number of carbonyl (C=O) groups is 2. The third-order valence-corrected chi connectivity index (χ3v) is 33.1. The summed E-state index contributed by atoms with van der Waals surface area (Å²) in [6, 6.07) is 14.7. The van der Waals surface area contributed by atoms with Gasteiger partial charge in [-0.3, -0.25) is 4.67 Å². The fourth-order valence-corrected chi connectivity index (χ4v) is 27.0. The maximum Gasteiger partial charge on any atom is 0.435 e. The molecule has 6 aliphatic carbocycles. The number of hydrogen-bond acceptors (Lipinski definition) is 16. The standard InChI is InChI=1S/C44H63F9N3O6PS2.C39H54F9NO4S2/c1-29(2)56(30(3)4)63(61-24-8-19-54)28-58-21-7-6-20-55(32-17-25-64-65-27-32)39(57)62-33-11-13-34-31(26-33)10-12-36-35(34)16-18-40(5)37(36)14-15-38(40)59-22-9-23-60-41(42(45,46)47,43(48,49)50)44(51,52)53;1-25(2)9-6-4-5-7-19-49(27-17-22-54-55-24-27)34(50)53-28-11-13-29-26(23-28)10-12-31-30(29)16-18-35(3)32(31)14-15-33(35)51-20-8-21-52-36(37(40,41)42,38(43,44)45)39(46,47)48/h11,13,26,29-30,32,35-38H,6-10,12,14-18,20-25,27-28H2,1-5H3;11,13,23,25,27,30-33H,4-10,12,14-22,24H2,1-3H3. The second kappa shape index (κ2) is 43.2. The lowest BCUT2D eigenvalue weighted by atomic mass is 9.55. The van der Waals surface area contributed by atoms with Crippen LogP contribution in [0.15, 0.2) is 36.4 Å². The smallest absolute Gasteiger partial charge is 0.410 e. The molecule has 0 radical (unpaired) electrons. The number of rotatable bonds is 36. The third-order valence-electron chi connectivity index (χ3n) is 25.8. The molecule has 684 valence electrons. The summed E-state index contributed by atoms with van der Waals surface area (Å²) in [7, 11) is 6.16. The number of nitrogens with zero attached hydrogens (tertiary/aromatic N) is 4. The molecule has 2 aromatic rings. The van der Waals surface area contributed by atoms with Gasteiger partial charge in [0.05, 0.1) is 44.5 Å². The maximum atomic E-state index is 13.9. The first-order valence-corrected chi connectivity index (χ1v) is 48.5. The van der Waals surface area contributed by atoms with E-state index in [1.165, 1.54) is 24.0 Å². The molecule has 2 amide bonds. The van der Waals surface area contributed by atoms with Crippen LogP contribution in [0.25, 0.3) is 0 Å². The Labute approximate surface area is 710 Å². The molecule has 2 saturated heterocycles. The van der Waals surface area contributed by atoms with Crippen LogP contribution < -0.4 is 9.47 Å². The zero-order chi connectivity index (χ0) is 88.0. The highest BCUT2D eigenvalue weighted by Gasteiger charge is 2.87. The molecular formula is C83H117F18N4O10PS4. The SMILES string of the molecule is CC(C)CCCCCCN(C(=O)Oc1ccc2c(c1)CCC1C2CCC2(C)C(OCCCOC(C(F)(F)F)(C(F)(F)F)C(F)(F)F)CCC12)C1CCSSC1.CC(C)N(C(C)C)P(COCCCCN(C(=O)Oc1ccc2c(c1)CCC1C2CCC2(C)C(OCCCOC(C(F)(F)F)(C(F)(F)F)C(F)(F)F)CCC12)C1CCSSC1)OCCC#N. The number of aryl methyl sites for hydroxylation is 2. The molecule has 2 aromatic carbocycles. The summed E-state index contributed by atoms with van der Waals surface area (Å²) in [5.41, 5.74) is -8.45. The van der Waals surface area contributed by atoms with Crippen molar-refractivity contribution in [3.63, 3.8) is 0 Å². The summed E-state index contributed by atoms with van der Waals surface area (Å²) in [4.78, 5) is 31.3. The van der Waals surface area contributed by atoms with Crippen molar-refractivity contribution >= 4 is 63.7 Å². The zero-order valence-corrected chi connectivity index (χ0v) is 73.5. The number of halogens is 18. The van der Waals surface area contributed by atoms with E-state index in [-0.39, 0.29) is 96.3 Å². The number of carbonyl (C=O) groups excluding carboxylic acids is 2. The summed E-state index contributed by atoms with van der Waals surface area (Å²) >= 11 is 0. The van der Waals surface area contributed by atoms with Gasteiger partial charge in [0.25, 0.3) is 0 Å². The van der Waals surface area contributed by atoms with Crippen LogP contribution in [-0.4, -0.2) is 193 Å². The molecule has 10 rings (SSSR count). The van der Waals surface area contributed by atoms with Gasteiger partial charge in [0.2, 0.25) is 0 Å². The molecule has 0 N–H and O–H groups in total. The van der Waals surface area contributed by atoms with Gasteiger partial charge in [0, 0.05) is 80.1 Å². The molecule has 37 heteroatoms. The fourth-order valence-electron chi connectivity index (χ4n) is 20.0. The average molecular weight is 1830 g/mol. The normalized spacial score (nSPS) is 26.4. The van der Waals surface area contributed by atoms with Crippen LogP contribution in [-0.2, 0) is 41.0 Å². The third kappa shape index (κ3) is 23.8. The number of fused-ring (bicyclic) bond motifs is 10. The molecule has 8 aliphatic rings. The zero-order valence-electron chi connectivity index (χ0n) is 69.4. The molecule has 0 bridgehead atoms. The van der Waals surface area contributed by atoms with Crippen molar-refractivity contribution in [3.05, 3.63) is 58.7 Å². The van der Waals surface area contributed by atoms with Gasteiger partial charge in [-0.05, 0) is 248 Å². The lowest BCUT2D eigenvalue weighted by Crippen LogP contribution is -2.67. The lowest BCUT2D eigenvalue weighted by molar-refractivity contribution is -0.458. The van der Waals surface area contributed by atoms with Gasteiger partial charge in [-0.2, -0.15) is 84.3 Å². The van der Waals surface area contributed by atoms with E-state index in [0.717, 1.165) is 143 Å². The fraction of sp³-hybridized carbons (Fsp3) is 0.819.